The number of piperazine rings is 1. The van der Waals surface area contributed by atoms with Gasteiger partial charge in [-0.1, -0.05) is 11.6 Å². The van der Waals surface area contributed by atoms with E-state index in [0.29, 0.717) is 57.9 Å². The Morgan fingerprint density at radius 1 is 1.16 bits per heavy atom. The number of fused-ring (bicyclic) bond motifs is 4. The number of nitrogen functional groups attached to an aromatic ring is 1. The van der Waals surface area contributed by atoms with Gasteiger partial charge in [0.15, 0.2) is 5.82 Å². The Labute approximate surface area is 229 Å². The molecule has 3 atom stereocenters. The molecule has 0 saturated carbocycles. The first-order valence-corrected chi connectivity index (χ1v) is 14.4. The number of benzene rings is 1. The molecule has 11 heteroatoms. The van der Waals surface area contributed by atoms with E-state index in [4.69, 9.17) is 27.1 Å². The monoisotopic (exact) mass is 553 g/mol. The van der Waals surface area contributed by atoms with Crippen LogP contribution in [0.25, 0.3) is 32.2 Å². The van der Waals surface area contributed by atoms with Gasteiger partial charge in [0.2, 0.25) is 0 Å². The van der Waals surface area contributed by atoms with E-state index in [-0.39, 0.29) is 17.1 Å². The molecule has 198 valence electrons. The molecule has 3 fully saturated rings. The van der Waals surface area contributed by atoms with E-state index >= 15 is 4.39 Å². The fraction of sp³-hybridized carbons (Fsp3) is 0.444. The van der Waals surface area contributed by atoms with Crippen molar-refractivity contribution in [3.05, 3.63) is 34.4 Å². The Morgan fingerprint density at radius 3 is 2.74 bits per heavy atom. The molecule has 0 amide bonds. The Balaban J connectivity index is 1.37. The maximum Gasteiger partial charge on any atom is 0.319 e. The molecule has 3 aromatic heterocycles. The zero-order valence-electron chi connectivity index (χ0n) is 21.1. The number of rotatable bonds is 5. The standard InChI is InChI=1S/C27H29ClFN7OS/c1-35-8-2-3-16(35)12-37-27-33-25-17(26(34-27)36-10-14-4-5-15(11-36)31-14)9-19(28)22(23(25)29)18-13-38-20-6-7-21(30)32-24(18)20/h6-7,9,13-16,31H,2-5,8,10-12H2,1H3,(H2,30,32)/t14?,15?,16-/m0/s1. The van der Waals surface area contributed by atoms with E-state index < -0.39 is 5.82 Å². The first-order chi connectivity index (χ1) is 18.4. The number of ether oxygens (including phenoxy) is 1. The number of anilines is 2. The van der Waals surface area contributed by atoms with Crippen LogP contribution in [0.1, 0.15) is 25.7 Å². The Hall–Kier alpha value is -2.79. The van der Waals surface area contributed by atoms with Crippen molar-refractivity contribution in [2.45, 2.75) is 43.8 Å². The van der Waals surface area contributed by atoms with E-state index in [1.807, 2.05) is 11.4 Å². The number of likely N-dealkylation sites (N-methyl/N-ethyl adjacent to an activating group) is 1. The van der Waals surface area contributed by atoms with Gasteiger partial charge in [0, 0.05) is 53.1 Å². The summed E-state index contributed by atoms with van der Waals surface area (Å²) in [6.45, 7) is 3.11. The van der Waals surface area contributed by atoms with Crippen molar-refractivity contribution in [1.29, 1.82) is 0 Å². The van der Waals surface area contributed by atoms with Gasteiger partial charge in [0.1, 0.15) is 23.8 Å². The van der Waals surface area contributed by atoms with Gasteiger partial charge in [0.25, 0.3) is 0 Å². The lowest BCUT2D eigenvalue weighted by Gasteiger charge is -2.34. The average molecular weight is 554 g/mol. The predicted molar refractivity (Wildman–Crippen MR) is 151 cm³/mol. The van der Waals surface area contributed by atoms with Crippen LogP contribution in [0.5, 0.6) is 6.01 Å². The molecule has 4 aromatic rings. The summed E-state index contributed by atoms with van der Waals surface area (Å²) in [6.07, 6.45) is 4.46. The second kappa shape index (κ2) is 9.44. The largest absolute Gasteiger partial charge is 0.462 e. The number of pyridine rings is 1. The highest BCUT2D eigenvalue weighted by Crippen LogP contribution is 2.43. The summed E-state index contributed by atoms with van der Waals surface area (Å²) in [7, 11) is 2.10. The molecular weight excluding hydrogens is 525 g/mol. The normalized spacial score (nSPS) is 23.7. The zero-order chi connectivity index (χ0) is 26.0. The summed E-state index contributed by atoms with van der Waals surface area (Å²) in [5.41, 5.74) is 7.67. The fourth-order valence-corrected chi connectivity index (χ4v) is 7.33. The van der Waals surface area contributed by atoms with Gasteiger partial charge in [-0.2, -0.15) is 9.97 Å². The minimum Gasteiger partial charge on any atom is -0.462 e. The van der Waals surface area contributed by atoms with Crippen LogP contribution in [0, 0.1) is 5.82 Å². The van der Waals surface area contributed by atoms with Crippen LogP contribution in [0.15, 0.2) is 23.6 Å². The van der Waals surface area contributed by atoms with Crippen LogP contribution in [-0.4, -0.2) is 71.3 Å². The summed E-state index contributed by atoms with van der Waals surface area (Å²) < 4.78 is 23.5. The molecule has 2 unspecified atom stereocenters. The second-order valence-corrected chi connectivity index (χ2v) is 12.0. The lowest BCUT2D eigenvalue weighted by atomic mass is 10.0. The average Bonchev–Trinajstić information content (AvgIpc) is 3.60. The van der Waals surface area contributed by atoms with Gasteiger partial charge in [-0.3, -0.25) is 0 Å². The minimum atomic E-state index is -0.499. The second-order valence-electron chi connectivity index (χ2n) is 10.6. The molecular formula is C27H29ClFN7OS. The summed E-state index contributed by atoms with van der Waals surface area (Å²) in [5.74, 6) is 0.550. The number of hydrogen-bond acceptors (Lipinski definition) is 9. The van der Waals surface area contributed by atoms with Crippen molar-refractivity contribution < 1.29 is 9.13 Å². The molecule has 3 aliphatic heterocycles. The van der Waals surface area contributed by atoms with Crippen molar-refractivity contribution in [3.8, 4) is 17.1 Å². The van der Waals surface area contributed by atoms with Crippen LogP contribution in [0.3, 0.4) is 0 Å². The SMILES string of the molecule is CN1CCC[C@H]1COc1nc(N2CC3CCC(C2)N3)c2cc(Cl)c(-c3csc4ccc(N)nc34)c(F)c2n1. The highest BCUT2D eigenvalue weighted by Gasteiger charge is 2.34. The molecule has 0 radical (unpaired) electrons. The summed E-state index contributed by atoms with van der Waals surface area (Å²) in [6, 6.07) is 6.71. The number of hydrogen-bond donors (Lipinski definition) is 2. The molecule has 7 rings (SSSR count). The molecule has 6 heterocycles. The van der Waals surface area contributed by atoms with Crippen molar-refractivity contribution in [1.82, 2.24) is 25.2 Å². The number of nitrogens with two attached hydrogens (primary N) is 1. The van der Waals surface area contributed by atoms with Crippen LogP contribution in [-0.2, 0) is 0 Å². The third-order valence-corrected chi connectivity index (χ3v) is 9.38. The van der Waals surface area contributed by atoms with Gasteiger partial charge >= 0.3 is 6.01 Å². The number of aromatic nitrogens is 3. The predicted octanol–water partition coefficient (Wildman–Crippen LogP) is 4.69. The van der Waals surface area contributed by atoms with Crippen LogP contribution >= 0.6 is 22.9 Å². The van der Waals surface area contributed by atoms with E-state index in [2.05, 4.69) is 32.1 Å². The lowest BCUT2D eigenvalue weighted by Crippen LogP contribution is -2.51. The van der Waals surface area contributed by atoms with E-state index in [1.54, 1.807) is 12.1 Å². The third-order valence-electron chi connectivity index (χ3n) is 8.14. The van der Waals surface area contributed by atoms with Gasteiger partial charge < -0.3 is 25.6 Å². The van der Waals surface area contributed by atoms with Gasteiger partial charge in [-0.15, -0.1) is 11.3 Å². The molecule has 2 bridgehead atoms. The minimum absolute atomic E-state index is 0.198. The molecule has 8 nitrogen and oxygen atoms in total. The van der Waals surface area contributed by atoms with Gasteiger partial charge in [-0.25, -0.2) is 9.37 Å². The summed E-state index contributed by atoms with van der Waals surface area (Å²) in [4.78, 5) is 18.4. The topological polar surface area (TPSA) is 92.4 Å². The number of halogens is 2. The van der Waals surface area contributed by atoms with Crippen LogP contribution in [0.2, 0.25) is 5.02 Å². The first-order valence-electron chi connectivity index (χ1n) is 13.1. The highest BCUT2D eigenvalue weighted by molar-refractivity contribution is 7.17. The number of thiophene rings is 1. The summed E-state index contributed by atoms with van der Waals surface area (Å²) in [5, 5.41) is 6.41. The summed E-state index contributed by atoms with van der Waals surface area (Å²) >= 11 is 8.28. The number of nitrogens with one attached hydrogen (secondary N) is 1. The fourth-order valence-electron chi connectivity index (χ4n) is 6.15. The third kappa shape index (κ3) is 4.14. The first kappa shape index (κ1) is 24.3. The lowest BCUT2D eigenvalue weighted by molar-refractivity contribution is 0.188. The number of nitrogens with zero attached hydrogens (tertiary/aromatic N) is 5. The van der Waals surface area contributed by atoms with Gasteiger partial charge in [-0.05, 0) is 57.5 Å². The molecule has 3 saturated heterocycles. The van der Waals surface area contributed by atoms with E-state index in [9.17, 15) is 0 Å². The quantitative estimate of drug-likeness (QED) is 0.367. The zero-order valence-corrected chi connectivity index (χ0v) is 22.7. The molecule has 0 spiro atoms. The molecule has 1 aromatic carbocycles. The maximum atomic E-state index is 16.5. The van der Waals surface area contributed by atoms with Crippen LogP contribution in [0.4, 0.5) is 16.0 Å². The molecule has 3 N–H and O–H groups in total. The molecule has 3 aliphatic rings. The molecule has 38 heavy (non-hydrogen) atoms. The molecule has 0 aliphatic carbocycles. The van der Waals surface area contributed by atoms with Crippen LogP contribution < -0.4 is 20.7 Å². The van der Waals surface area contributed by atoms with Gasteiger partial charge in [0.05, 0.1) is 15.2 Å². The van der Waals surface area contributed by atoms with Crippen molar-refractivity contribution in [3.63, 3.8) is 0 Å². The smallest absolute Gasteiger partial charge is 0.319 e. The van der Waals surface area contributed by atoms with Crippen molar-refractivity contribution in [2.75, 3.05) is 43.9 Å². The van der Waals surface area contributed by atoms with Crippen molar-refractivity contribution >= 4 is 55.7 Å². The number of likely N-dealkylation sites (tertiary alicyclic amines) is 1. The Bertz CT molecular complexity index is 1540. The maximum absolute atomic E-state index is 16.5. The van der Waals surface area contributed by atoms with E-state index in [0.717, 1.165) is 50.0 Å². The Morgan fingerprint density at radius 2 is 1.97 bits per heavy atom. The van der Waals surface area contributed by atoms with E-state index in [1.165, 1.54) is 11.3 Å². The highest BCUT2D eigenvalue weighted by atomic mass is 35.5. The Kier molecular flexibility index (Phi) is 6.03. The van der Waals surface area contributed by atoms with Crippen molar-refractivity contribution in [2.24, 2.45) is 0 Å².